The lowest BCUT2D eigenvalue weighted by Crippen LogP contribution is -2.02. The molecular weight excluding hydrogens is 354 g/mol. The van der Waals surface area contributed by atoms with Crippen molar-refractivity contribution in [1.82, 2.24) is 9.97 Å². The first-order chi connectivity index (χ1) is 9.76. The highest BCUT2D eigenvalue weighted by Gasteiger charge is 2.10. The lowest BCUT2D eigenvalue weighted by atomic mass is 10.4. The van der Waals surface area contributed by atoms with Gasteiger partial charge in [0, 0.05) is 21.3 Å². The fourth-order valence-electron chi connectivity index (χ4n) is 1.76. The summed E-state index contributed by atoms with van der Waals surface area (Å²) in [5.74, 6) is 0.696. The van der Waals surface area contributed by atoms with Crippen LogP contribution in [0.4, 0.5) is 5.95 Å². The number of hydrogen-bond acceptors (Lipinski definition) is 5. The number of fused-ring (bicyclic) bond motifs is 1. The van der Waals surface area contributed by atoms with Gasteiger partial charge in [0.2, 0.25) is 5.95 Å². The fraction of sp³-hybridized carbons (Fsp3) is 0.143. The van der Waals surface area contributed by atoms with E-state index in [9.17, 15) is 0 Å². The normalized spacial score (nSPS) is 10.9. The minimum atomic E-state index is 0.696. The lowest BCUT2D eigenvalue weighted by molar-refractivity contribution is 1.06. The van der Waals surface area contributed by atoms with Gasteiger partial charge in [0.25, 0.3) is 0 Å². The van der Waals surface area contributed by atoms with Crippen molar-refractivity contribution in [2.75, 3.05) is 11.9 Å². The Morgan fingerprint density at radius 3 is 2.75 bits per heavy atom. The second kappa shape index (κ2) is 6.11. The van der Waals surface area contributed by atoms with Crippen LogP contribution < -0.4 is 5.32 Å². The molecule has 0 unspecified atom stereocenters. The van der Waals surface area contributed by atoms with Gasteiger partial charge in [0.1, 0.15) is 9.86 Å². The molecule has 0 aliphatic rings. The Morgan fingerprint density at radius 1 is 1.20 bits per heavy atom. The van der Waals surface area contributed by atoms with E-state index in [0.717, 1.165) is 26.3 Å². The van der Waals surface area contributed by atoms with Gasteiger partial charge in [-0.3, -0.25) is 0 Å². The van der Waals surface area contributed by atoms with E-state index in [-0.39, 0.29) is 0 Å². The number of rotatable bonds is 4. The second-order valence-electron chi connectivity index (χ2n) is 4.08. The first kappa shape index (κ1) is 13.9. The molecule has 20 heavy (non-hydrogen) atoms. The Kier molecular flexibility index (Phi) is 4.24. The zero-order valence-electron chi connectivity index (χ0n) is 10.8. The Balaban J connectivity index is 2.00. The molecule has 0 atom stereocenters. The second-order valence-corrected chi connectivity index (χ2v) is 6.95. The predicted molar refractivity (Wildman–Crippen MR) is 89.8 cm³/mol. The Morgan fingerprint density at radius 2 is 2.00 bits per heavy atom. The summed E-state index contributed by atoms with van der Waals surface area (Å²) in [4.78, 5) is 11.3. The number of benzene rings is 1. The van der Waals surface area contributed by atoms with Gasteiger partial charge < -0.3 is 5.32 Å². The predicted octanol–water partition coefficient (Wildman–Crippen LogP) is 5.04. The van der Waals surface area contributed by atoms with Crippen molar-refractivity contribution in [1.29, 1.82) is 0 Å². The SMILES string of the molecule is CCNc1nc(Sc2ccc(Br)cc2)c2ccsc2n1. The van der Waals surface area contributed by atoms with E-state index in [2.05, 4.69) is 54.8 Å². The Hall–Kier alpha value is -1.11. The molecule has 0 spiro atoms. The monoisotopic (exact) mass is 365 g/mol. The van der Waals surface area contributed by atoms with Crippen LogP contribution in [-0.4, -0.2) is 16.5 Å². The molecule has 2 heterocycles. The topological polar surface area (TPSA) is 37.8 Å². The van der Waals surface area contributed by atoms with Crippen molar-refractivity contribution in [2.45, 2.75) is 16.8 Å². The number of hydrogen-bond donors (Lipinski definition) is 1. The minimum Gasteiger partial charge on any atom is -0.354 e. The van der Waals surface area contributed by atoms with Crippen LogP contribution in [0.1, 0.15) is 6.92 Å². The van der Waals surface area contributed by atoms with Crippen LogP contribution >= 0.6 is 39.0 Å². The summed E-state index contributed by atoms with van der Waals surface area (Å²) < 4.78 is 1.08. The van der Waals surface area contributed by atoms with Gasteiger partial charge in [0.05, 0.1) is 0 Å². The van der Waals surface area contributed by atoms with Gasteiger partial charge in [-0.1, -0.05) is 27.7 Å². The van der Waals surface area contributed by atoms with Crippen molar-refractivity contribution in [3.8, 4) is 0 Å². The quantitative estimate of drug-likeness (QED) is 0.657. The molecule has 0 bridgehead atoms. The van der Waals surface area contributed by atoms with Crippen molar-refractivity contribution in [2.24, 2.45) is 0 Å². The number of aromatic nitrogens is 2. The summed E-state index contributed by atoms with van der Waals surface area (Å²) in [6.07, 6.45) is 0. The van der Waals surface area contributed by atoms with Crippen molar-refractivity contribution < 1.29 is 0 Å². The van der Waals surface area contributed by atoms with E-state index in [1.165, 1.54) is 4.90 Å². The molecule has 1 N–H and O–H groups in total. The van der Waals surface area contributed by atoms with E-state index in [1.54, 1.807) is 23.1 Å². The van der Waals surface area contributed by atoms with E-state index >= 15 is 0 Å². The number of thiophene rings is 1. The third kappa shape index (κ3) is 2.97. The molecule has 2 aromatic heterocycles. The molecule has 0 saturated carbocycles. The summed E-state index contributed by atoms with van der Waals surface area (Å²) in [7, 11) is 0. The summed E-state index contributed by atoms with van der Waals surface area (Å²) >= 11 is 6.76. The van der Waals surface area contributed by atoms with E-state index in [4.69, 9.17) is 0 Å². The van der Waals surface area contributed by atoms with Gasteiger partial charge in [-0.2, -0.15) is 0 Å². The number of nitrogens with zero attached hydrogens (tertiary/aromatic N) is 2. The maximum atomic E-state index is 4.62. The molecular formula is C14H12BrN3S2. The zero-order chi connectivity index (χ0) is 13.9. The van der Waals surface area contributed by atoms with Crippen LogP contribution in [0.25, 0.3) is 10.2 Å². The van der Waals surface area contributed by atoms with Gasteiger partial charge >= 0.3 is 0 Å². The third-order valence-corrected chi connectivity index (χ3v) is 5.00. The highest BCUT2D eigenvalue weighted by Crippen LogP contribution is 2.34. The van der Waals surface area contributed by atoms with E-state index in [0.29, 0.717) is 5.95 Å². The number of anilines is 1. The molecule has 0 amide bonds. The van der Waals surface area contributed by atoms with Gasteiger partial charge in [0.15, 0.2) is 0 Å². The fourth-order valence-corrected chi connectivity index (χ4v) is 3.75. The van der Waals surface area contributed by atoms with Gasteiger partial charge in [-0.15, -0.1) is 11.3 Å². The highest BCUT2D eigenvalue weighted by molar-refractivity contribution is 9.10. The van der Waals surface area contributed by atoms with Crippen molar-refractivity contribution in [3.05, 3.63) is 40.2 Å². The van der Waals surface area contributed by atoms with Crippen LogP contribution in [-0.2, 0) is 0 Å². The number of halogens is 1. The summed E-state index contributed by atoms with van der Waals surface area (Å²) in [6, 6.07) is 10.3. The summed E-state index contributed by atoms with van der Waals surface area (Å²) in [5, 5.41) is 7.35. The average Bonchev–Trinajstić information content (AvgIpc) is 2.90. The molecule has 0 saturated heterocycles. The molecule has 1 aromatic carbocycles. The van der Waals surface area contributed by atoms with E-state index in [1.807, 2.05) is 19.1 Å². The van der Waals surface area contributed by atoms with Crippen LogP contribution in [0, 0.1) is 0 Å². The molecule has 3 nitrogen and oxygen atoms in total. The minimum absolute atomic E-state index is 0.696. The maximum absolute atomic E-state index is 4.62. The summed E-state index contributed by atoms with van der Waals surface area (Å²) in [6.45, 7) is 2.86. The lowest BCUT2D eigenvalue weighted by Gasteiger charge is -2.06. The third-order valence-electron chi connectivity index (χ3n) is 2.65. The van der Waals surface area contributed by atoms with Crippen LogP contribution in [0.5, 0.6) is 0 Å². The molecule has 0 radical (unpaired) electrons. The Bertz CT molecular complexity index is 725. The van der Waals surface area contributed by atoms with E-state index < -0.39 is 0 Å². The molecule has 0 aliphatic carbocycles. The molecule has 3 aromatic rings. The molecule has 6 heteroatoms. The number of nitrogens with one attached hydrogen (secondary N) is 1. The van der Waals surface area contributed by atoms with Crippen molar-refractivity contribution in [3.63, 3.8) is 0 Å². The first-order valence-electron chi connectivity index (χ1n) is 6.19. The first-order valence-corrected chi connectivity index (χ1v) is 8.67. The highest BCUT2D eigenvalue weighted by atomic mass is 79.9. The van der Waals surface area contributed by atoms with Crippen LogP contribution in [0.2, 0.25) is 0 Å². The average molecular weight is 366 g/mol. The van der Waals surface area contributed by atoms with Gasteiger partial charge in [-0.25, -0.2) is 9.97 Å². The molecule has 102 valence electrons. The standard InChI is InChI=1S/C14H12BrN3S2/c1-2-16-14-17-12-11(7-8-19-12)13(18-14)20-10-5-3-9(15)4-6-10/h3-8H,2H2,1H3,(H,16,17,18). The zero-order valence-corrected chi connectivity index (χ0v) is 14.0. The van der Waals surface area contributed by atoms with Crippen LogP contribution in [0.3, 0.4) is 0 Å². The van der Waals surface area contributed by atoms with Gasteiger partial charge in [-0.05, 0) is 42.6 Å². The molecule has 0 aliphatic heterocycles. The molecule has 3 rings (SSSR count). The van der Waals surface area contributed by atoms with Crippen molar-refractivity contribution >= 4 is 55.2 Å². The largest absolute Gasteiger partial charge is 0.354 e. The smallest absolute Gasteiger partial charge is 0.225 e. The molecule has 0 fully saturated rings. The maximum Gasteiger partial charge on any atom is 0.225 e. The van der Waals surface area contributed by atoms with Crippen LogP contribution in [0.15, 0.2) is 50.1 Å². The summed E-state index contributed by atoms with van der Waals surface area (Å²) in [5.41, 5.74) is 0. The Labute approximate surface area is 134 Å².